The lowest BCUT2D eigenvalue weighted by Gasteiger charge is -2.04. The van der Waals surface area contributed by atoms with Gasteiger partial charge in [-0.2, -0.15) is 0 Å². The molecule has 64 valence electrons. The van der Waals surface area contributed by atoms with Crippen molar-refractivity contribution in [1.82, 2.24) is 5.32 Å². The van der Waals surface area contributed by atoms with Crippen LogP contribution >= 0.6 is 0 Å². The molecule has 0 bridgehead atoms. The number of amides is 1. The molecule has 0 aliphatic heterocycles. The molecule has 0 aromatic heterocycles. The number of hydrogen-bond donors (Lipinski definition) is 3. The van der Waals surface area contributed by atoms with E-state index in [0.717, 1.165) is 0 Å². The number of nitrogens with two attached hydrogens (primary N) is 1. The number of phenols is 1. The molecule has 0 aliphatic rings. The first-order chi connectivity index (χ1) is 5.66. The van der Waals surface area contributed by atoms with Crippen molar-refractivity contribution in [3.05, 3.63) is 23.8 Å². The van der Waals surface area contributed by atoms with Crippen LogP contribution in [0.4, 0.5) is 5.69 Å². The molecular weight excluding hydrogens is 156 g/mol. The fraction of sp³-hybridized carbons (Fsp3) is 0.125. The van der Waals surface area contributed by atoms with E-state index in [9.17, 15) is 9.90 Å². The van der Waals surface area contributed by atoms with Crippen molar-refractivity contribution in [2.45, 2.75) is 0 Å². The molecule has 12 heavy (non-hydrogen) atoms. The average molecular weight is 166 g/mol. The normalized spacial score (nSPS) is 9.42. The van der Waals surface area contributed by atoms with E-state index in [4.69, 9.17) is 5.73 Å². The van der Waals surface area contributed by atoms with E-state index in [1.165, 1.54) is 19.2 Å². The van der Waals surface area contributed by atoms with Crippen molar-refractivity contribution in [2.75, 3.05) is 12.8 Å². The van der Waals surface area contributed by atoms with Gasteiger partial charge in [0.15, 0.2) is 5.75 Å². The first kappa shape index (κ1) is 8.39. The smallest absolute Gasteiger partial charge is 0.254 e. The highest BCUT2D eigenvalue weighted by atomic mass is 16.3. The van der Waals surface area contributed by atoms with Crippen molar-refractivity contribution >= 4 is 11.6 Å². The number of nitrogen functional groups attached to an aromatic ring is 1. The molecule has 0 fully saturated rings. The van der Waals surface area contributed by atoms with Crippen LogP contribution in [0.5, 0.6) is 5.75 Å². The molecule has 0 unspecified atom stereocenters. The van der Waals surface area contributed by atoms with Gasteiger partial charge in [0.1, 0.15) is 0 Å². The Morgan fingerprint density at radius 2 is 2.25 bits per heavy atom. The Balaban J connectivity index is 3.16. The maximum absolute atomic E-state index is 11.1. The minimum atomic E-state index is -0.347. The zero-order valence-electron chi connectivity index (χ0n) is 6.66. The molecule has 4 heteroatoms. The van der Waals surface area contributed by atoms with Gasteiger partial charge < -0.3 is 16.2 Å². The van der Waals surface area contributed by atoms with Crippen molar-refractivity contribution in [3.8, 4) is 5.75 Å². The molecule has 0 saturated carbocycles. The summed E-state index contributed by atoms with van der Waals surface area (Å²) in [6, 6.07) is 4.64. The number of carbonyl (C=O) groups is 1. The Morgan fingerprint density at radius 1 is 1.58 bits per heavy atom. The van der Waals surface area contributed by atoms with Crippen LogP contribution in [-0.2, 0) is 0 Å². The molecule has 0 spiro atoms. The average Bonchev–Trinajstić information content (AvgIpc) is 2.08. The van der Waals surface area contributed by atoms with E-state index in [2.05, 4.69) is 5.32 Å². The Labute approximate surface area is 70.0 Å². The number of hydrogen-bond acceptors (Lipinski definition) is 3. The first-order valence-electron chi connectivity index (χ1n) is 3.46. The Kier molecular flexibility index (Phi) is 2.19. The fourth-order valence-electron chi connectivity index (χ4n) is 0.879. The van der Waals surface area contributed by atoms with Gasteiger partial charge in [0.05, 0.1) is 11.3 Å². The van der Waals surface area contributed by atoms with Crippen LogP contribution in [0.1, 0.15) is 10.4 Å². The van der Waals surface area contributed by atoms with Crippen LogP contribution in [-0.4, -0.2) is 18.1 Å². The molecule has 1 amide bonds. The quantitative estimate of drug-likeness (QED) is 0.416. The molecule has 1 rings (SSSR count). The van der Waals surface area contributed by atoms with Gasteiger partial charge in [-0.05, 0) is 12.1 Å². The van der Waals surface area contributed by atoms with Crippen molar-refractivity contribution in [3.63, 3.8) is 0 Å². The van der Waals surface area contributed by atoms with Crippen LogP contribution in [0, 0.1) is 0 Å². The number of benzene rings is 1. The molecule has 0 radical (unpaired) electrons. The minimum Gasteiger partial charge on any atom is -0.505 e. The van der Waals surface area contributed by atoms with Crippen molar-refractivity contribution in [2.24, 2.45) is 0 Å². The lowest BCUT2D eigenvalue weighted by atomic mass is 10.1. The summed E-state index contributed by atoms with van der Waals surface area (Å²) in [5.41, 5.74) is 5.78. The standard InChI is InChI=1S/C8H10N2O2/c1-10-8(12)5-3-2-4-6(9)7(5)11/h2-4,11H,9H2,1H3,(H,10,12). The van der Waals surface area contributed by atoms with Gasteiger partial charge in [0.25, 0.3) is 5.91 Å². The molecule has 1 aromatic carbocycles. The molecule has 0 saturated heterocycles. The number of anilines is 1. The van der Waals surface area contributed by atoms with E-state index >= 15 is 0 Å². The second kappa shape index (κ2) is 3.13. The van der Waals surface area contributed by atoms with Crippen molar-refractivity contribution < 1.29 is 9.90 Å². The number of nitrogens with one attached hydrogen (secondary N) is 1. The third-order valence-electron chi connectivity index (χ3n) is 1.54. The summed E-state index contributed by atoms with van der Waals surface area (Å²) in [6.45, 7) is 0. The highest BCUT2D eigenvalue weighted by Gasteiger charge is 2.10. The van der Waals surface area contributed by atoms with Gasteiger partial charge in [-0.3, -0.25) is 4.79 Å². The number of rotatable bonds is 1. The Morgan fingerprint density at radius 3 is 2.83 bits per heavy atom. The number of phenolic OH excluding ortho intramolecular Hbond substituents is 1. The lowest BCUT2D eigenvalue weighted by molar-refractivity contribution is 0.0960. The van der Waals surface area contributed by atoms with Gasteiger partial charge in [-0.25, -0.2) is 0 Å². The molecule has 0 atom stereocenters. The van der Waals surface area contributed by atoms with Gasteiger partial charge in [0, 0.05) is 7.05 Å². The number of carbonyl (C=O) groups excluding carboxylic acids is 1. The largest absolute Gasteiger partial charge is 0.505 e. The predicted molar refractivity (Wildman–Crippen MR) is 45.9 cm³/mol. The van der Waals surface area contributed by atoms with Gasteiger partial charge in [-0.1, -0.05) is 6.07 Å². The highest BCUT2D eigenvalue weighted by Crippen LogP contribution is 2.23. The van der Waals surface area contributed by atoms with Gasteiger partial charge >= 0.3 is 0 Å². The first-order valence-corrected chi connectivity index (χ1v) is 3.46. The van der Waals surface area contributed by atoms with Crippen LogP contribution in [0.15, 0.2) is 18.2 Å². The molecule has 0 aliphatic carbocycles. The van der Waals surface area contributed by atoms with Crippen molar-refractivity contribution in [1.29, 1.82) is 0 Å². The van der Waals surface area contributed by atoms with E-state index in [-0.39, 0.29) is 22.9 Å². The van der Waals surface area contributed by atoms with E-state index in [0.29, 0.717) is 0 Å². The molecule has 1 aromatic rings. The molecule has 4 N–H and O–H groups in total. The second-order valence-corrected chi connectivity index (χ2v) is 2.32. The summed E-state index contributed by atoms with van der Waals surface area (Å²) in [5.74, 6) is -0.517. The summed E-state index contributed by atoms with van der Waals surface area (Å²) in [7, 11) is 1.49. The predicted octanol–water partition coefficient (Wildman–Crippen LogP) is 0.334. The monoisotopic (exact) mass is 166 g/mol. The summed E-state index contributed by atoms with van der Waals surface area (Å²) in [6.07, 6.45) is 0. The number of aromatic hydroxyl groups is 1. The maximum Gasteiger partial charge on any atom is 0.254 e. The third kappa shape index (κ3) is 1.32. The summed E-state index contributed by atoms with van der Waals surface area (Å²) >= 11 is 0. The Bertz CT molecular complexity index is 310. The molecule has 4 nitrogen and oxygen atoms in total. The summed E-state index contributed by atoms with van der Waals surface area (Å²) in [4.78, 5) is 11.1. The van der Waals surface area contributed by atoms with E-state index in [1.807, 2.05) is 0 Å². The summed E-state index contributed by atoms with van der Waals surface area (Å²) in [5, 5.41) is 11.7. The van der Waals surface area contributed by atoms with E-state index in [1.54, 1.807) is 6.07 Å². The highest BCUT2D eigenvalue weighted by molar-refractivity contribution is 5.98. The SMILES string of the molecule is CNC(=O)c1cccc(N)c1O. The zero-order chi connectivity index (χ0) is 9.14. The van der Waals surface area contributed by atoms with Crippen LogP contribution in [0.25, 0.3) is 0 Å². The zero-order valence-corrected chi connectivity index (χ0v) is 6.66. The molecule has 0 heterocycles. The fourth-order valence-corrected chi connectivity index (χ4v) is 0.879. The van der Waals surface area contributed by atoms with Crippen LogP contribution in [0.3, 0.4) is 0 Å². The lowest BCUT2D eigenvalue weighted by Crippen LogP contribution is -2.18. The minimum absolute atomic E-state index is 0.170. The van der Waals surface area contributed by atoms with E-state index < -0.39 is 0 Å². The van der Waals surface area contributed by atoms with Gasteiger partial charge in [-0.15, -0.1) is 0 Å². The van der Waals surface area contributed by atoms with Crippen LogP contribution < -0.4 is 11.1 Å². The summed E-state index contributed by atoms with van der Waals surface area (Å²) < 4.78 is 0. The Hall–Kier alpha value is -1.71. The maximum atomic E-state index is 11.1. The number of para-hydroxylation sites is 1. The second-order valence-electron chi connectivity index (χ2n) is 2.32. The topological polar surface area (TPSA) is 75.4 Å². The molecular formula is C8H10N2O2. The third-order valence-corrected chi connectivity index (χ3v) is 1.54. The van der Waals surface area contributed by atoms with Gasteiger partial charge in [0.2, 0.25) is 0 Å². The van der Waals surface area contributed by atoms with Crippen LogP contribution in [0.2, 0.25) is 0 Å².